The molecule has 1 unspecified atom stereocenters. The molecule has 144 valence electrons. The molecule has 5 nitrogen and oxygen atoms in total. The van der Waals surface area contributed by atoms with E-state index in [1.165, 1.54) is 17.7 Å². The number of nitrogens with zero attached hydrogens (tertiary/aromatic N) is 3. The summed E-state index contributed by atoms with van der Waals surface area (Å²) in [6.07, 6.45) is 2.13. The predicted molar refractivity (Wildman–Crippen MR) is 108 cm³/mol. The first-order chi connectivity index (χ1) is 11.6. The van der Waals surface area contributed by atoms with Crippen molar-refractivity contribution in [1.82, 2.24) is 20.4 Å². The van der Waals surface area contributed by atoms with Crippen LogP contribution < -0.4 is 10.6 Å². The van der Waals surface area contributed by atoms with Crippen LogP contribution in [0.15, 0.2) is 4.99 Å². The van der Waals surface area contributed by atoms with Crippen LogP contribution in [0.3, 0.4) is 0 Å². The molecule has 1 atom stereocenters. The molecule has 5 heteroatoms. The molecule has 0 amide bonds. The van der Waals surface area contributed by atoms with E-state index in [-0.39, 0.29) is 5.41 Å². The lowest BCUT2D eigenvalue weighted by Crippen LogP contribution is -2.43. The quantitative estimate of drug-likeness (QED) is 0.557. The maximum atomic E-state index is 4.84. The van der Waals surface area contributed by atoms with Crippen molar-refractivity contribution in [1.29, 1.82) is 0 Å². The maximum Gasteiger partial charge on any atom is 0.191 e. The highest BCUT2D eigenvalue weighted by atomic mass is 15.3. The number of rotatable bonds is 8. The zero-order valence-corrected chi connectivity index (χ0v) is 17.8. The summed E-state index contributed by atoms with van der Waals surface area (Å²) < 4.78 is 1.96. The highest BCUT2D eigenvalue weighted by molar-refractivity contribution is 5.80. The minimum atomic E-state index is 0.219. The van der Waals surface area contributed by atoms with Crippen LogP contribution in [0.5, 0.6) is 0 Å². The van der Waals surface area contributed by atoms with E-state index in [4.69, 9.17) is 4.99 Å². The van der Waals surface area contributed by atoms with Gasteiger partial charge in [0.05, 0.1) is 5.69 Å². The van der Waals surface area contributed by atoms with Crippen molar-refractivity contribution in [2.24, 2.45) is 23.4 Å². The Morgan fingerprint density at radius 3 is 2.36 bits per heavy atom. The fraction of sp³-hybridized carbons (Fsp3) is 0.800. The van der Waals surface area contributed by atoms with Crippen molar-refractivity contribution < 1.29 is 0 Å². The summed E-state index contributed by atoms with van der Waals surface area (Å²) in [6, 6.07) is 0.299. The second-order valence-corrected chi connectivity index (χ2v) is 8.48. The molecule has 0 aliphatic heterocycles. The van der Waals surface area contributed by atoms with Crippen LogP contribution in [0.1, 0.15) is 64.9 Å². The van der Waals surface area contributed by atoms with E-state index < -0.39 is 0 Å². The Kier molecular flexibility index (Phi) is 7.97. The Bertz CT molecular complexity index is 569. The first-order valence-electron chi connectivity index (χ1n) is 9.59. The lowest BCUT2D eigenvalue weighted by atomic mass is 9.84. The van der Waals surface area contributed by atoms with Gasteiger partial charge in [-0.15, -0.1) is 0 Å². The number of aromatic nitrogens is 2. The topological polar surface area (TPSA) is 54.2 Å². The standard InChI is InChI=1S/C20H39N5/c1-10-21-19(22-13-20(7,8)12-14(2)3)23-15(4)11-18-16(5)24-25(9)17(18)6/h14-15H,10-13H2,1-9H3,(H2,21,22,23). The molecule has 0 fully saturated rings. The Morgan fingerprint density at radius 1 is 1.24 bits per heavy atom. The molecule has 0 saturated carbocycles. The summed E-state index contributed by atoms with van der Waals surface area (Å²) >= 11 is 0. The van der Waals surface area contributed by atoms with Crippen LogP contribution in [-0.4, -0.2) is 34.9 Å². The van der Waals surface area contributed by atoms with Gasteiger partial charge in [0.25, 0.3) is 0 Å². The van der Waals surface area contributed by atoms with Gasteiger partial charge in [0.2, 0.25) is 0 Å². The van der Waals surface area contributed by atoms with Crippen molar-refractivity contribution in [3.8, 4) is 0 Å². The number of guanidine groups is 1. The SMILES string of the molecule is CCNC(=NCC(C)(C)CC(C)C)NC(C)Cc1c(C)nn(C)c1C. The molecule has 0 saturated heterocycles. The summed E-state index contributed by atoms with van der Waals surface area (Å²) in [4.78, 5) is 4.84. The first kappa shape index (κ1) is 21.5. The zero-order valence-electron chi connectivity index (χ0n) is 17.8. The molecule has 1 rings (SSSR count). The normalized spacial score (nSPS) is 14.1. The Morgan fingerprint density at radius 2 is 1.88 bits per heavy atom. The highest BCUT2D eigenvalue weighted by Gasteiger charge is 2.20. The van der Waals surface area contributed by atoms with Crippen LogP contribution in [0.4, 0.5) is 0 Å². The second kappa shape index (κ2) is 9.25. The third-order valence-electron chi connectivity index (χ3n) is 4.52. The number of aliphatic imine (C=N–C) groups is 1. The first-order valence-corrected chi connectivity index (χ1v) is 9.59. The second-order valence-electron chi connectivity index (χ2n) is 8.48. The van der Waals surface area contributed by atoms with E-state index in [0.717, 1.165) is 31.2 Å². The molecule has 0 bridgehead atoms. The Hall–Kier alpha value is -1.52. The average Bonchev–Trinajstić information content (AvgIpc) is 2.70. The largest absolute Gasteiger partial charge is 0.357 e. The van der Waals surface area contributed by atoms with E-state index in [2.05, 4.69) is 71.1 Å². The van der Waals surface area contributed by atoms with Crippen molar-refractivity contribution >= 4 is 5.96 Å². The molecule has 1 aromatic rings. The fourth-order valence-electron chi connectivity index (χ4n) is 3.49. The van der Waals surface area contributed by atoms with Crippen LogP contribution in [0.2, 0.25) is 0 Å². The average molecular weight is 350 g/mol. The Labute approximate surface area is 154 Å². The van der Waals surface area contributed by atoms with Crippen LogP contribution in [0, 0.1) is 25.2 Å². The molecule has 1 aromatic heterocycles. The van der Waals surface area contributed by atoms with Gasteiger partial charge in [-0.2, -0.15) is 5.10 Å². The number of aryl methyl sites for hydroxylation is 2. The van der Waals surface area contributed by atoms with Gasteiger partial charge >= 0.3 is 0 Å². The number of nitrogens with one attached hydrogen (secondary N) is 2. The minimum Gasteiger partial charge on any atom is -0.357 e. The van der Waals surface area contributed by atoms with Crippen molar-refractivity contribution in [2.75, 3.05) is 13.1 Å². The predicted octanol–water partition coefficient (Wildman–Crippen LogP) is 3.60. The van der Waals surface area contributed by atoms with E-state index >= 15 is 0 Å². The molecule has 0 aromatic carbocycles. The molecule has 1 heterocycles. The molecule has 0 radical (unpaired) electrons. The summed E-state index contributed by atoms with van der Waals surface area (Å²) in [5.41, 5.74) is 3.91. The highest BCUT2D eigenvalue weighted by Crippen LogP contribution is 2.25. The Balaban J connectivity index is 2.74. The number of hydrogen-bond donors (Lipinski definition) is 2. The van der Waals surface area contributed by atoms with Gasteiger partial charge in [-0.1, -0.05) is 27.7 Å². The summed E-state index contributed by atoms with van der Waals surface area (Å²) in [7, 11) is 2.01. The molecular formula is C20H39N5. The van der Waals surface area contributed by atoms with Gasteiger partial charge < -0.3 is 10.6 Å². The fourth-order valence-corrected chi connectivity index (χ4v) is 3.49. The van der Waals surface area contributed by atoms with E-state index in [1.807, 2.05) is 11.7 Å². The van der Waals surface area contributed by atoms with Crippen molar-refractivity contribution in [3.05, 3.63) is 17.0 Å². The lowest BCUT2D eigenvalue weighted by molar-refractivity contribution is 0.298. The van der Waals surface area contributed by atoms with Crippen LogP contribution in [0.25, 0.3) is 0 Å². The van der Waals surface area contributed by atoms with Gasteiger partial charge in [-0.25, -0.2) is 0 Å². The summed E-state index contributed by atoms with van der Waals surface area (Å²) in [5, 5.41) is 11.5. The molecule has 25 heavy (non-hydrogen) atoms. The summed E-state index contributed by atoms with van der Waals surface area (Å²) in [5.74, 6) is 1.60. The lowest BCUT2D eigenvalue weighted by Gasteiger charge is -2.26. The zero-order chi connectivity index (χ0) is 19.2. The third kappa shape index (κ3) is 7.09. The van der Waals surface area contributed by atoms with E-state index in [1.54, 1.807) is 0 Å². The molecule has 0 aliphatic carbocycles. The number of hydrogen-bond acceptors (Lipinski definition) is 2. The van der Waals surface area contributed by atoms with E-state index in [0.29, 0.717) is 12.0 Å². The smallest absolute Gasteiger partial charge is 0.191 e. The molecule has 2 N–H and O–H groups in total. The van der Waals surface area contributed by atoms with E-state index in [9.17, 15) is 0 Å². The molecule has 0 aliphatic rings. The van der Waals surface area contributed by atoms with Crippen LogP contribution in [-0.2, 0) is 13.5 Å². The monoisotopic (exact) mass is 349 g/mol. The minimum absolute atomic E-state index is 0.219. The molecule has 0 spiro atoms. The van der Waals surface area contributed by atoms with Gasteiger partial charge in [0.1, 0.15) is 0 Å². The van der Waals surface area contributed by atoms with Crippen molar-refractivity contribution in [2.45, 2.75) is 74.3 Å². The van der Waals surface area contributed by atoms with Gasteiger partial charge in [0.15, 0.2) is 5.96 Å². The summed E-state index contributed by atoms with van der Waals surface area (Å²) in [6.45, 7) is 19.4. The van der Waals surface area contributed by atoms with Crippen molar-refractivity contribution in [3.63, 3.8) is 0 Å². The van der Waals surface area contributed by atoms with Gasteiger partial charge in [-0.05, 0) is 57.4 Å². The third-order valence-corrected chi connectivity index (χ3v) is 4.52. The maximum absolute atomic E-state index is 4.84. The van der Waals surface area contributed by atoms with Gasteiger partial charge in [0, 0.05) is 31.9 Å². The molecular weight excluding hydrogens is 310 g/mol. The van der Waals surface area contributed by atoms with Gasteiger partial charge in [-0.3, -0.25) is 9.67 Å². The van der Waals surface area contributed by atoms with Crippen LogP contribution >= 0.6 is 0 Å².